The first-order valence-electron chi connectivity index (χ1n) is 7.41. The van der Waals surface area contributed by atoms with Gasteiger partial charge in [-0.1, -0.05) is 24.7 Å². The van der Waals surface area contributed by atoms with E-state index in [4.69, 9.17) is 9.57 Å². The molecular weight excluding hydrogens is 356 g/mol. The molecule has 1 aliphatic heterocycles. The average Bonchev–Trinajstić information content (AvgIpc) is 2.90. The van der Waals surface area contributed by atoms with Crippen LogP contribution in [0.25, 0.3) is 0 Å². The van der Waals surface area contributed by atoms with Crippen molar-refractivity contribution in [1.82, 2.24) is 14.3 Å². The molecule has 0 spiro atoms. The van der Waals surface area contributed by atoms with E-state index in [9.17, 15) is 13.2 Å². The summed E-state index contributed by atoms with van der Waals surface area (Å²) < 4.78 is 33.2. The number of carbonyl (C=O) groups excluding carboxylic acids is 1. The van der Waals surface area contributed by atoms with Crippen molar-refractivity contribution in [3.05, 3.63) is 12.7 Å². The largest absolute Gasteiger partial charge is 0.445 e. The van der Waals surface area contributed by atoms with Crippen LogP contribution in [0.15, 0.2) is 17.8 Å². The monoisotopic (exact) mass is 380 g/mol. The van der Waals surface area contributed by atoms with Gasteiger partial charge in [-0.25, -0.2) is 9.52 Å². The number of rotatable bonds is 9. The van der Waals surface area contributed by atoms with Gasteiger partial charge in [-0.15, -0.1) is 0 Å². The van der Waals surface area contributed by atoms with E-state index >= 15 is 0 Å². The number of carbonyl (C=O) groups is 1. The van der Waals surface area contributed by atoms with Gasteiger partial charge in [-0.3, -0.25) is 4.90 Å². The third kappa shape index (κ3) is 6.30. The topological polar surface area (TPSA) is 109 Å². The first-order chi connectivity index (χ1) is 11.3. The molecule has 1 rings (SSSR count). The van der Waals surface area contributed by atoms with Crippen molar-refractivity contribution in [3.8, 4) is 0 Å². The Kier molecular flexibility index (Phi) is 8.53. The van der Waals surface area contributed by atoms with Crippen molar-refractivity contribution >= 4 is 34.6 Å². The van der Waals surface area contributed by atoms with Crippen LogP contribution in [-0.2, 0) is 19.8 Å². The molecule has 9 nitrogen and oxygen atoms in total. The summed E-state index contributed by atoms with van der Waals surface area (Å²) in [4.78, 5) is 18.4. The molecule has 0 aromatic carbocycles. The average molecular weight is 380 g/mol. The molecule has 2 atom stereocenters. The van der Waals surface area contributed by atoms with E-state index in [1.54, 1.807) is 6.92 Å². The van der Waals surface area contributed by atoms with Crippen molar-refractivity contribution in [3.63, 3.8) is 0 Å². The Morgan fingerprint density at radius 1 is 1.50 bits per heavy atom. The van der Waals surface area contributed by atoms with E-state index in [0.29, 0.717) is 18.7 Å². The van der Waals surface area contributed by atoms with Crippen molar-refractivity contribution in [2.24, 2.45) is 5.16 Å². The summed E-state index contributed by atoms with van der Waals surface area (Å²) >= 11 is 4.40. The molecule has 0 radical (unpaired) electrons. The van der Waals surface area contributed by atoms with Gasteiger partial charge in [0, 0.05) is 18.3 Å². The molecule has 1 fully saturated rings. The van der Waals surface area contributed by atoms with E-state index in [0.717, 1.165) is 0 Å². The maximum Gasteiger partial charge on any atom is 0.410 e. The van der Waals surface area contributed by atoms with Crippen LogP contribution in [0.3, 0.4) is 0 Å². The van der Waals surface area contributed by atoms with Crippen LogP contribution < -0.4 is 9.44 Å². The molecule has 1 aliphatic rings. The number of nitrogens with one attached hydrogen (secondary N) is 2. The molecule has 0 bridgehead atoms. The van der Waals surface area contributed by atoms with Crippen LogP contribution in [0.2, 0.25) is 0 Å². The van der Waals surface area contributed by atoms with Crippen LogP contribution in [0.4, 0.5) is 4.79 Å². The summed E-state index contributed by atoms with van der Waals surface area (Å²) in [5.41, 5.74) is 0.367. The molecule has 0 aromatic rings. The standard InChI is InChI=1S/C13H24N4O5S2/c1-4-6-22-13(18)17-9-10(23)7-12(17)11(16-21-3)8-15-24(19,20)14-5-2/h4,10,12,14-15,23H,1,5-9H2,2-3H3/b16-11+/t10-,12-/m0/s1. The molecule has 24 heavy (non-hydrogen) atoms. The molecule has 0 saturated carbocycles. The number of oxime groups is 1. The highest BCUT2D eigenvalue weighted by Crippen LogP contribution is 2.24. The Morgan fingerprint density at radius 3 is 2.79 bits per heavy atom. The minimum absolute atomic E-state index is 0.0706. The van der Waals surface area contributed by atoms with E-state index in [2.05, 4.69) is 33.8 Å². The molecule has 138 valence electrons. The first kappa shape index (κ1) is 20.7. The zero-order valence-electron chi connectivity index (χ0n) is 13.8. The number of thiol groups is 1. The molecule has 0 aromatic heterocycles. The number of nitrogens with zero attached hydrogens (tertiary/aromatic N) is 2. The fourth-order valence-electron chi connectivity index (χ4n) is 2.28. The summed E-state index contributed by atoms with van der Waals surface area (Å²) in [6, 6.07) is -0.464. The lowest BCUT2D eigenvalue weighted by atomic mass is 10.1. The minimum atomic E-state index is -3.64. The van der Waals surface area contributed by atoms with E-state index in [1.165, 1.54) is 18.1 Å². The van der Waals surface area contributed by atoms with E-state index in [-0.39, 0.29) is 24.9 Å². The number of likely N-dealkylation sites (tertiary alicyclic amines) is 1. The molecule has 1 saturated heterocycles. The smallest absolute Gasteiger partial charge is 0.410 e. The molecule has 0 unspecified atom stereocenters. The summed E-state index contributed by atoms with van der Waals surface area (Å²) in [6.45, 7) is 5.78. The van der Waals surface area contributed by atoms with Gasteiger partial charge in [0.25, 0.3) is 10.2 Å². The van der Waals surface area contributed by atoms with Crippen molar-refractivity contribution < 1.29 is 22.8 Å². The van der Waals surface area contributed by atoms with Crippen LogP contribution >= 0.6 is 12.6 Å². The van der Waals surface area contributed by atoms with Gasteiger partial charge in [-0.2, -0.15) is 25.8 Å². The Hall–Kier alpha value is -1.30. The van der Waals surface area contributed by atoms with E-state index < -0.39 is 22.3 Å². The van der Waals surface area contributed by atoms with Crippen molar-refractivity contribution in [2.45, 2.75) is 24.6 Å². The lowest BCUT2D eigenvalue weighted by Gasteiger charge is -2.24. The third-order valence-electron chi connectivity index (χ3n) is 3.21. The second kappa shape index (κ2) is 9.87. The predicted octanol–water partition coefficient (Wildman–Crippen LogP) is 0.128. The number of ether oxygens (including phenoxy) is 1. The second-order valence-electron chi connectivity index (χ2n) is 5.01. The van der Waals surface area contributed by atoms with Gasteiger partial charge >= 0.3 is 6.09 Å². The minimum Gasteiger partial charge on any atom is -0.445 e. The molecule has 1 amide bonds. The third-order valence-corrected chi connectivity index (χ3v) is 4.78. The fourth-order valence-corrected chi connectivity index (χ4v) is 3.48. The molecule has 11 heteroatoms. The zero-order valence-corrected chi connectivity index (χ0v) is 15.5. The fraction of sp³-hybridized carbons (Fsp3) is 0.692. The van der Waals surface area contributed by atoms with Crippen LogP contribution in [0, 0.1) is 0 Å². The maximum absolute atomic E-state index is 12.1. The Bertz CT molecular complexity index is 567. The molecule has 0 aliphatic carbocycles. The second-order valence-corrected chi connectivity index (χ2v) is 7.33. The molecule has 1 heterocycles. The Morgan fingerprint density at radius 2 is 2.21 bits per heavy atom. The molecular formula is C13H24N4O5S2. The zero-order chi connectivity index (χ0) is 18.2. The van der Waals surface area contributed by atoms with Gasteiger partial charge < -0.3 is 9.57 Å². The quantitative estimate of drug-likeness (QED) is 0.228. The lowest BCUT2D eigenvalue weighted by molar-refractivity contribution is 0.115. The van der Waals surface area contributed by atoms with Gasteiger partial charge in [0.05, 0.1) is 18.3 Å². The SMILES string of the molecule is C=CCOC(=O)N1C[C@@H](S)C[C@H]1/C(CNS(=O)(=O)NCC)=N/OC. The molecule has 2 N–H and O–H groups in total. The first-order valence-corrected chi connectivity index (χ1v) is 9.41. The number of amides is 1. The Labute approximate surface area is 148 Å². The summed E-state index contributed by atoms with van der Waals surface area (Å²) in [5.74, 6) is 0. The van der Waals surface area contributed by atoms with Gasteiger partial charge in [0.2, 0.25) is 0 Å². The van der Waals surface area contributed by atoms with Crippen LogP contribution in [0.5, 0.6) is 0 Å². The normalized spacial score (nSPS) is 21.6. The maximum atomic E-state index is 12.1. The van der Waals surface area contributed by atoms with E-state index in [1.807, 2.05) is 0 Å². The lowest BCUT2D eigenvalue weighted by Crippen LogP contribution is -2.47. The number of hydrogen-bond acceptors (Lipinski definition) is 7. The van der Waals surface area contributed by atoms with Crippen molar-refractivity contribution in [1.29, 1.82) is 0 Å². The highest BCUT2D eigenvalue weighted by molar-refractivity contribution is 7.87. The van der Waals surface area contributed by atoms with Crippen LogP contribution in [-0.4, -0.2) is 69.8 Å². The Balaban J connectivity index is 2.86. The number of hydrogen-bond donors (Lipinski definition) is 3. The van der Waals surface area contributed by atoms with Crippen LogP contribution in [0.1, 0.15) is 13.3 Å². The van der Waals surface area contributed by atoms with Gasteiger partial charge in [-0.05, 0) is 6.42 Å². The summed E-state index contributed by atoms with van der Waals surface area (Å²) in [5, 5.41) is 3.80. The van der Waals surface area contributed by atoms with Gasteiger partial charge in [0.15, 0.2) is 0 Å². The highest BCUT2D eigenvalue weighted by atomic mass is 32.2. The summed E-state index contributed by atoms with van der Waals surface area (Å²) in [7, 11) is -2.29. The summed E-state index contributed by atoms with van der Waals surface area (Å²) in [6.07, 6.45) is 1.45. The van der Waals surface area contributed by atoms with Gasteiger partial charge in [0.1, 0.15) is 13.7 Å². The van der Waals surface area contributed by atoms with Crippen molar-refractivity contribution in [2.75, 3.05) is 33.4 Å². The highest BCUT2D eigenvalue weighted by Gasteiger charge is 2.38. The predicted molar refractivity (Wildman–Crippen MR) is 94.5 cm³/mol.